The number of hydrogen-bond donors (Lipinski definition) is 1. The van der Waals surface area contributed by atoms with Crippen molar-refractivity contribution in [2.45, 2.75) is 0 Å². The van der Waals surface area contributed by atoms with Crippen LogP contribution in [0.25, 0.3) is 0 Å². The Morgan fingerprint density at radius 1 is 1.25 bits per heavy atom. The van der Waals surface area contributed by atoms with Gasteiger partial charge in [0.25, 0.3) is 5.91 Å². The van der Waals surface area contributed by atoms with Crippen molar-refractivity contribution in [3.05, 3.63) is 46.2 Å². The van der Waals surface area contributed by atoms with Gasteiger partial charge in [0.05, 0.1) is 20.4 Å². The first-order valence-corrected chi connectivity index (χ1v) is 6.76. The summed E-state index contributed by atoms with van der Waals surface area (Å²) in [6.07, 6.45) is 1.59. The first-order chi connectivity index (χ1) is 9.74. The molecule has 0 atom stereocenters. The summed E-state index contributed by atoms with van der Waals surface area (Å²) in [7, 11) is 3.07. The second-order valence-corrected chi connectivity index (χ2v) is 4.61. The Labute approximate surface area is 120 Å². The number of nitrogens with zero attached hydrogens (tertiary/aromatic N) is 1. The van der Waals surface area contributed by atoms with Crippen LogP contribution in [0.15, 0.2) is 40.1 Å². The van der Waals surface area contributed by atoms with Crippen molar-refractivity contribution in [3.63, 3.8) is 0 Å². The summed E-state index contributed by atoms with van der Waals surface area (Å²) >= 11 is 1.57. The van der Waals surface area contributed by atoms with E-state index in [0.717, 1.165) is 5.56 Å². The minimum Gasteiger partial charge on any atom is -0.493 e. The third-order valence-corrected chi connectivity index (χ3v) is 3.27. The highest BCUT2D eigenvalue weighted by Crippen LogP contribution is 2.27. The summed E-state index contributed by atoms with van der Waals surface area (Å²) in [5.74, 6) is 0.769. The van der Waals surface area contributed by atoms with Gasteiger partial charge in [0.2, 0.25) is 0 Å². The zero-order chi connectivity index (χ0) is 14.4. The predicted molar refractivity (Wildman–Crippen MR) is 78.9 cm³/mol. The minimum absolute atomic E-state index is 0.308. The zero-order valence-electron chi connectivity index (χ0n) is 11.1. The molecule has 0 bridgehead atoms. The molecule has 0 radical (unpaired) electrons. The maximum absolute atomic E-state index is 11.9. The van der Waals surface area contributed by atoms with Crippen molar-refractivity contribution >= 4 is 23.5 Å². The van der Waals surface area contributed by atoms with Crippen LogP contribution in [-0.4, -0.2) is 26.3 Å². The van der Waals surface area contributed by atoms with Gasteiger partial charge in [0.1, 0.15) is 0 Å². The molecule has 0 aliphatic rings. The molecule has 2 aromatic rings. The maximum atomic E-state index is 11.9. The molecule has 1 heterocycles. The van der Waals surface area contributed by atoms with Crippen LogP contribution in [0.1, 0.15) is 15.9 Å². The lowest BCUT2D eigenvalue weighted by Gasteiger charge is -2.08. The summed E-state index contributed by atoms with van der Waals surface area (Å²) in [5.41, 5.74) is 3.86. The zero-order valence-corrected chi connectivity index (χ0v) is 11.9. The van der Waals surface area contributed by atoms with Crippen LogP contribution in [0.3, 0.4) is 0 Å². The smallest absolute Gasteiger partial charge is 0.271 e. The number of hydrogen-bond acceptors (Lipinski definition) is 5. The standard InChI is InChI=1S/C14H14N2O3S/c1-18-12-4-3-11(7-13(12)19-2)14(17)16-15-8-10-5-6-20-9-10/h3-9H,1-2H3,(H,16,17)/b15-8-. The Morgan fingerprint density at radius 2 is 2.05 bits per heavy atom. The molecular formula is C14H14N2O3S. The molecule has 20 heavy (non-hydrogen) atoms. The highest BCUT2D eigenvalue weighted by Gasteiger charge is 2.09. The second-order valence-electron chi connectivity index (χ2n) is 3.83. The molecule has 1 N–H and O–H groups in total. The minimum atomic E-state index is -0.308. The second kappa shape index (κ2) is 6.72. The third kappa shape index (κ3) is 3.36. The number of thiophene rings is 1. The quantitative estimate of drug-likeness (QED) is 0.680. The molecule has 0 spiro atoms. The molecule has 6 heteroatoms. The molecule has 0 aliphatic carbocycles. The van der Waals surface area contributed by atoms with Crippen LogP contribution in [0.2, 0.25) is 0 Å². The van der Waals surface area contributed by atoms with Gasteiger partial charge in [0.15, 0.2) is 11.5 Å². The Bertz CT molecular complexity index is 609. The largest absolute Gasteiger partial charge is 0.493 e. The van der Waals surface area contributed by atoms with Crippen molar-refractivity contribution in [2.24, 2.45) is 5.10 Å². The van der Waals surface area contributed by atoms with Gasteiger partial charge >= 0.3 is 0 Å². The third-order valence-electron chi connectivity index (χ3n) is 2.57. The molecule has 1 aromatic heterocycles. The van der Waals surface area contributed by atoms with Crippen molar-refractivity contribution in [1.82, 2.24) is 5.43 Å². The van der Waals surface area contributed by atoms with Gasteiger partial charge in [-0.25, -0.2) is 5.43 Å². The lowest BCUT2D eigenvalue weighted by molar-refractivity contribution is 0.0954. The summed E-state index contributed by atoms with van der Waals surface area (Å²) in [6, 6.07) is 6.85. The van der Waals surface area contributed by atoms with Crippen LogP contribution in [0.4, 0.5) is 0 Å². The fraction of sp³-hybridized carbons (Fsp3) is 0.143. The molecule has 0 saturated carbocycles. The highest BCUT2D eigenvalue weighted by atomic mass is 32.1. The van der Waals surface area contributed by atoms with Crippen LogP contribution in [-0.2, 0) is 0 Å². The van der Waals surface area contributed by atoms with E-state index in [-0.39, 0.29) is 5.91 Å². The Hall–Kier alpha value is -2.34. The normalized spacial score (nSPS) is 10.5. The van der Waals surface area contributed by atoms with Crippen LogP contribution < -0.4 is 14.9 Å². The highest BCUT2D eigenvalue weighted by molar-refractivity contribution is 7.08. The average Bonchev–Trinajstić information content (AvgIpc) is 2.99. The van der Waals surface area contributed by atoms with Crippen molar-refractivity contribution in [1.29, 1.82) is 0 Å². The summed E-state index contributed by atoms with van der Waals surface area (Å²) in [5, 5.41) is 7.78. The SMILES string of the molecule is COc1ccc(C(=O)N/N=C\c2ccsc2)cc1OC. The molecule has 0 unspecified atom stereocenters. The van der Waals surface area contributed by atoms with E-state index in [1.807, 2.05) is 16.8 Å². The first-order valence-electron chi connectivity index (χ1n) is 5.82. The van der Waals surface area contributed by atoms with Crippen LogP contribution in [0, 0.1) is 0 Å². The van der Waals surface area contributed by atoms with Crippen molar-refractivity contribution in [3.8, 4) is 11.5 Å². The van der Waals surface area contributed by atoms with E-state index in [1.165, 1.54) is 7.11 Å². The van der Waals surface area contributed by atoms with Gasteiger partial charge < -0.3 is 9.47 Å². The van der Waals surface area contributed by atoms with Crippen molar-refractivity contribution in [2.75, 3.05) is 14.2 Å². The number of ether oxygens (including phenoxy) is 2. The number of carbonyl (C=O) groups is 1. The van der Waals surface area contributed by atoms with Crippen LogP contribution in [0.5, 0.6) is 11.5 Å². The van der Waals surface area contributed by atoms with Crippen LogP contribution >= 0.6 is 11.3 Å². The molecule has 0 fully saturated rings. The molecular weight excluding hydrogens is 276 g/mol. The number of benzene rings is 1. The van der Waals surface area contributed by atoms with Gasteiger partial charge in [-0.3, -0.25) is 4.79 Å². The lowest BCUT2D eigenvalue weighted by Crippen LogP contribution is -2.17. The first kappa shape index (κ1) is 14.1. The molecule has 0 saturated heterocycles. The Morgan fingerprint density at radius 3 is 2.70 bits per heavy atom. The van der Waals surface area contributed by atoms with E-state index < -0.39 is 0 Å². The number of rotatable bonds is 5. The lowest BCUT2D eigenvalue weighted by atomic mass is 10.2. The van der Waals surface area contributed by atoms with Gasteiger partial charge in [0, 0.05) is 11.1 Å². The van der Waals surface area contributed by atoms with E-state index in [1.54, 1.807) is 42.9 Å². The van der Waals surface area contributed by atoms with E-state index in [2.05, 4.69) is 10.5 Å². The number of carbonyl (C=O) groups excluding carboxylic acids is 1. The topological polar surface area (TPSA) is 59.9 Å². The molecule has 1 aromatic carbocycles. The van der Waals surface area contributed by atoms with E-state index in [4.69, 9.17) is 9.47 Å². The fourth-order valence-corrected chi connectivity index (χ4v) is 2.17. The molecule has 104 valence electrons. The average molecular weight is 290 g/mol. The number of nitrogens with one attached hydrogen (secondary N) is 1. The number of amides is 1. The van der Waals surface area contributed by atoms with Crippen molar-refractivity contribution < 1.29 is 14.3 Å². The van der Waals surface area contributed by atoms with Gasteiger partial charge in [-0.2, -0.15) is 16.4 Å². The molecule has 5 nitrogen and oxygen atoms in total. The van der Waals surface area contributed by atoms with E-state index in [0.29, 0.717) is 17.1 Å². The van der Waals surface area contributed by atoms with E-state index in [9.17, 15) is 4.79 Å². The fourth-order valence-electron chi connectivity index (χ4n) is 1.56. The summed E-state index contributed by atoms with van der Waals surface area (Å²) < 4.78 is 10.3. The van der Waals surface area contributed by atoms with Gasteiger partial charge in [-0.15, -0.1) is 0 Å². The van der Waals surface area contributed by atoms with E-state index >= 15 is 0 Å². The maximum Gasteiger partial charge on any atom is 0.271 e. The number of hydrazone groups is 1. The number of methoxy groups -OCH3 is 2. The Kier molecular flexibility index (Phi) is 4.73. The predicted octanol–water partition coefficient (Wildman–Crippen LogP) is 2.53. The molecule has 1 amide bonds. The Balaban J connectivity index is 2.05. The summed E-state index contributed by atoms with van der Waals surface area (Å²) in [6.45, 7) is 0. The van der Waals surface area contributed by atoms with Gasteiger partial charge in [-0.1, -0.05) is 0 Å². The van der Waals surface area contributed by atoms with Gasteiger partial charge in [-0.05, 0) is 35.0 Å². The molecule has 2 rings (SSSR count). The monoisotopic (exact) mass is 290 g/mol. The molecule has 0 aliphatic heterocycles. The summed E-state index contributed by atoms with van der Waals surface area (Å²) in [4.78, 5) is 11.9.